The van der Waals surface area contributed by atoms with Crippen LogP contribution in [0.3, 0.4) is 0 Å². The van der Waals surface area contributed by atoms with Crippen LogP contribution in [0.25, 0.3) is 0 Å². The maximum Gasteiger partial charge on any atom is -0.00205 e. The van der Waals surface area contributed by atoms with E-state index in [0.717, 1.165) is 5.92 Å². The van der Waals surface area contributed by atoms with Crippen molar-refractivity contribution < 1.29 is 0 Å². The van der Waals surface area contributed by atoms with Crippen molar-refractivity contribution in [3.05, 3.63) is 35.9 Å². The van der Waals surface area contributed by atoms with Crippen LogP contribution in [0.2, 0.25) is 0 Å². The number of benzene rings is 1. The molecule has 1 heteroatoms. The van der Waals surface area contributed by atoms with E-state index in [-0.39, 0.29) is 0 Å². The second kappa shape index (κ2) is 7.50. The first kappa shape index (κ1) is 12.6. The lowest BCUT2D eigenvalue weighted by atomic mass is 9.96. The van der Waals surface area contributed by atoms with Crippen molar-refractivity contribution in [1.82, 2.24) is 5.32 Å². The van der Waals surface area contributed by atoms with Gasteiger partial charge >= 0.3 is 0 Å². The molecule has 0 spiro atoms. The summed E-state index contributed by atoms with van der Waals surface area (Å²) in [4.78, 5) is 0. The fourth-order valence-electron chi connectivity index (χ4n) is 2.74. The molecule has 1 aliphatic rings. The van der Waals surface area contributed by atoms with Crippen LogP contribution in [0.5, 0.6) is 0 Å². The predicted molar refractivity (Wildman–Crippen MR) is 74.2 cm³/mol. The highest BCUT2D eigenvalue weighted by molar-refractivity contribution is 5.14. The van der Waals surface area contributed by atoms with E-state index in [9.17, 15) is 0 Å². The molecule has 0 bridgehead atoms. The molecule has 0 saturated carbocycles. The van der Waals surface area contributed by atoms with Crippen molar-refractivity contribution >= 4 is 0 Å². The molecular formula is C16H25N. The van der Waals surface area contributed by atoms with Gasteiger partial charge in [0.1, 0.15) is 0 Å². The third kappa shape index (κ3) is 4.91. The van der Waals surface area contributed by atoms with E-state index in [0.29, 0.717) is 0 Å². The first-order valence-electron chi connectivity index (χ1n) is 7.20. The Kier molecular flexibility index (Phi) is 5.57. The molecule has 1 heterocycles. The quantitative estimate of drug-likeness (QED) is 0.760. The van der Waals surface area contributed by atoms with Gasteiger partial charge in [0.15, 0.2) is 0 Å². The summed E-state index contributed by atoms with van der Waals surface area (Å²) in [7, 11) is 0. The van der Waals surface area contributed by atoms with Gasteiger partial charge < -0.3 is 5.32 Å². The zero-order valence-corrected chi connectivity index (χ0v) is 10.8. The first-order chi connectivity index (χ1) is 8.45. The Bertz CT molecular complexity index is 286. The Morgan fingerprint density at radius 3 is 2.82 bits per heavy atom. The van der Waals surface area contributed by atoms with Crippen LogP contribution in [-0.2, 0) is 6.42 Å². The lowest BCUT2D eigenvalue weighted by molar-refractivity contribution is 0.426. The molecule has 1 N–H and O–H groups in total. The minimum absolute atomic E-state index is 0.938. The Balaban J connectivity index is 1.59. The molecular weight excluding hydrogens is 206 g/mol. The van der Waals surface area contributed by atoms with Gasteiger partial charge in [-0.1, -0.05) is 43.2 Å². The normalized spacial score (nSPS) is 21.1. The van der Waals surface area contributed by atoms with Crippen LogP contribution in [0.4, 0.5) is 0 Å². The molecule has 0 radical (unpaired) electrons. The summed E-state index contributed by atoms with van der Waals surface area (Å²) in [5.74, 6) is 0.938. The predicted octanol–water partition coefficient (Wildman–Crippen LogP) is 3.79. The molecule has 2 rings (SSSR count). The molecule has 17 heavy (non-hydrogen) atoms. The van der Waals surface area contributed by atoms with E-state index in [4.69, 9.17) is 0 Å². The van der Waals surface area contributed by atoms with Crippen LogP contribution >= 0.6 is 0 Å². The van der Waals surface area contributed by atoms with E-state index in [1.165, 1.54) is 63.6 Å². The molecule has 1 nitrogen and oxygen atoms in total. The van der Waals surface area contributed by atoms with Crippen molar-refractivity contribution in [3.8, 4) is 0 Å². The minimum atomic E-state index is 0.938. The molecule has 94 valence electrons. The molecule has 1 unspecified atom stereocenters. The summed E-state index contributed by atoms with van der Waals surface area (Å²) in [6.45, 7) is 2.49. The SMILES string of the molecule is c1ccc(CCCCC2CCCCNC2)cc1. The Morgan fingerprint density at radius 1 is 1.06 bits per heavy atom. The molecule has 1 fully saturated rings. The molecule has 1 aromatic rings. The summed E-state index contributed by atoms with van der Waals surface area (Å²) in [5, 5.41) is 3.56. The van der Waals surface area contributed by atoms with Crippen LogP contribution in [0, 0.1) is 5.92 Å². The fourth-order valence-corrected chi connectivity index (χ4v) is 2.74. The number of hydrogen-bond donors (Lipinski definition) is 1. The Labute approximate surface area is 106 Å². The Morgan fingerprint density at radius 2 is 1.94 bits per heavy atom. The highest BCUT2D eigenvalue weighted by Crippen LogP contribution is 2.18. The second-order valence-corrected chi connectivity index (χ2v) is 5.30. The highest BCUT2D eigenvalue weighted by Gasteiger charge is 2.10. The number of rotatable bonds is 5. The van der Waals surface area contributed by atoms with Crippen molar-refractivity contribution in [2.75, 3.05) is 13.1 Å². The summed E-state index contributed by atoms with van der Waals surface area (Å²) in [6.07, 6.45) is 9.65. The first-order valence-corrected chi connectivity index (χ1v) is 7.20. The maximum absolute atomic E-state index is 3.56. The number of aryl methyl sites for hydroxylation is 1. The highest BCUT2D eigenvalue weighted by atomic mass is 14.9. The second-order valence-electron chi connectivity index (χ2n) is 5.30. The monoisotopic (exact) mass is 231 g/mol. The van der Waals surface area contributed by atoms with Gasteiger partial charge in [0, 0.05) is 0 Å². The summed E-state index contributed by atoms with van der Waals surface area (Å²) >= 11 is 0. The zero-order chi connectivity index (χ0) is 11.8. The van der Waals surface area contributed by atoms with Gasteiger partial charge in [0.25, 0.3) is 0 Å². The fraction of sp³-hybridized carbons (Fsp3) is 0.625. The van der Waals surface area contributed by atoms with Gasteiger partial charge in [-0.05, 0) is 56.7 Å². The number of hydrogen-bond acceptors (Lipinski definition) is 1. The number of nitrogens with one attached hydrogen (secondary N) is 1. The lowest BCUT2D eigenvalue weighted by Gasteiger charge is -2.13. The van der Waals surface area contributed by atoms with Gasteiger partial charge in [-0.3, -0.25) is 0 Å². The lowest BCUT2D eigenvalue weighted by Crippen LogP contribution is -2.20. The average Bonchev–Trinajstić information content (AvgIpc) is 2.65. The molecule has 0 aliphatic carbocycles. The van der Waals surface area contributed by atoms with Gasteiger partial charge in [0.2, 0.25) is 0 Å². The van der Waals surface area contributed by atoms with Gasteiger partial charge in [-0.15, -0.1) is 0 Å². The molecule has 0 aromatic heterocycles. The van der Waals surface area contributed by atoms with Crippen LogP contribution in [0.15, 0.2) is 30.3 Å². The van der Waals surface area contributed by atoms with E-state index < -0.39 is 0 Å². The van der Waals surface area contributed by atoms with Crippen LogP contribution in [-0.4, -0.2) is 13.1 Å². The number of unbranched alkanes of at least 4 members (excludes halogenated alkanes) is 1. The third-order valence-electron chi connectivity index (χ3n) is 3.82. The van der Waals surface area contributed by atoms with Crippen LogP contribution in [0.1, 0.15) is 44.1 Å². The third-order valence-corrected chi connectivity index (χ3v) is 3.82. The van der Waals surface area contributed by atoms with Gasteiger partial charge in [-0.25, -0.2) is 0 Å². The molecule has 1 aromatic carbocycles. The van der Waals surface area contributed by atoms with Gasteiger partial charge in [-0.2, -0.15) is 0 Å². The van der Waals surface area contributed by atoms with Crippen molar-refractivity contribution in [2.45, 2.75) is 44.9 Å². The molecule has 0 amide bonds. The molecule has 1 aliphatic heterocycles. The topological polar surface area (TPSA) is 12.0 Å². The van der Waals surface area contributed by atoms with E-state index in [1.54, 1.807) is 0 Å². The summed E-state index contributed by atoms with van der Waals surface area (Å²) < 4.78 is 0. The maximum atomic E-state index is 3.56. The zero-order valence-electron chi connectivity index (χ0n) is 10.8. The van der Waals surface area contributed by atoms with Gasteiger partial charge in [0.05, 0.1) is 0 Å². The summed E-state index contributed by atoms with van der Waals surface area (Å²) in [5.41, 5.74) is 1.49. The average molecular weight is 231 g/mol. The molecule has 1 atom stereocenters. The van der Waals surface area contributed by atoms with Crippen molar-refractivity contribution in [2.24, 2.45) is 5.92 Å². The smallest absolute Gasteiger partial charge is 0.00205 e. The van der Waals surface area contributed by atoms with Crippen molar-refractivity contribution in [1.29, 1.82) is 0 Å². The Hall–Kier alpha value is -0.820. The minimum Gasteiger partial charge on any atom is -0.316 e. The van der Waals surface area contributed by atoms with Crippen molar-refractivity contribution in [3.63, 3.8) is 0 Å². The summed E-state index contributed by atoms with van der Waals surface area (Å²) in [6, 6.07) is 10.9. The van der Waals surface area contributed by atoms with E-state index in [1.807, 2.05) is 0 Å². The van der Waals surface area contributed by atoms with E-state index >= 15 is 0 Å². The van der Waals surface area contributed by atoms with Crippen LogP contribution < -0.4 is 5.32 Å². The van der Waals surface area contributed by atoms with E-state index in [2.05, 4.69) is 35.6 Å². The standard InChI is InChI=1S/C16H25N/c1-2-8-15(9-3-1)10-4-5-11-16-12-6-7-13-17-14-16/h1-3,8-9,16-17H,4-7,10-14H2. The molecule has 1 saturated heterocycles. The largest absolute Gasteiger partial charge is 0.316 e.